The summed E-state index contributed by atoms with van der Waals surface area (Å²) in [4.78, 5) is 38.3. The summed E-state index contributed by atoms with van der Waals surface area (Å²) in [5.74, 6) is -1.40. The quantitative estimate of drug-likeness (QED) is 0.780. The van der Waals surface area contributed by atoms with Crippen molar-refractivity contribution in [2.75, 3.05) is 6.61 Å². The summed E-state index contributed by atoms with van der Waals surface area (Å²) in [6.45, 7) is 3.17. The number of pyridine rings is 1. The summed E-state index contributed by atoms with van der Waals surface area (Å²) in [6, 6.07) is 0.852. The lowest BCUT2D eigenvalue weighted by Gasteiger charge is -2.11. The van der Waals surface area contributed by atoms with Gasteiger partial charge in [-0.05, 0) is 35.3 Å². The van der Waals surface area contributed by atoms with Crippen LogP contribution in [-0.4, -0.2) is 35.5 Å². The van der Waals surface area contributed by atoms with Crippen molar-refractivity contribution in [3.05, 3.63) is 28.5 Å². The number of hydrogen-bond donors (Lipinski definition) is 2. The molecule has 3 amide bonds. The van der Waals surface area contributed by atoms with Crippen molar-refractivity contribution >= 4 is 33.8 Å². The van der Waals surface area contributed by atoms with Crippen LogP contribution in [0, 0.1) is 0 Å². The average Bonchev–Trinajstić information content (AvgIpc) is 2.44. The average molecular weight is 358 g/mol. The van der Waals surface area contributed by atoms with Gasteiger partial charge in [-0.2, -0.15) is 0 Å². The fourth-order valence-corrected chi connectivity index (χ4v) is 1.63. The third-order valence-corrected chi connectivity index (χ3v) is 2.95. The van der Waals surface area contributed by atoms with Crippen LogP contribution in [0.2, 0.25) is 0 Å². The first-order valence-electron chi connectivity index (χ1n) is 6.30. The van der Waals surface area contributed by atoms with Crippen LogP contribution in [0.15, 0.2) is 22.9 Å². The summed E-state index contributed by atoms with van der Waals surface area (Å²) in [7, 11) is 0. The molecule has 1 rings (SSSR count). The van der Waals surface area contributed by atoms with Gasteiger partial charge in [0, 0.05) is 22.9 Å². The smallest absolute Gasteiger partial charge is 0.340 e. The standard InChI is InChI=1S/C13H16BrN3O4/c1-3-8(2)16-13(20)17-11(18)7-21-12(19)9-4-10(14)6-15-5-9/h4-6,8H,3,7H2,1-2H3,(H2,16,17,18,20)/t8-/m1/s1. The van der Waals surface area contributed by atoms with Crippen LogP contribution in [0.1, 0.15) is 30.6 Å². The fraction of sp³-hybridized carbons (Fsp3) is 0.385. The summed E-state index contributed by atoms with van der Waals surface area (Å²) < 4.78 is 5.41. The number of halogens is 1. The van der Waals surface area contributed by atoms with Crippen LogP contribution in [0.4, 0.5) is 4.79 Å². The molecule has 1 aromatic heterocycles. The van der Waals surface area contributed by atoms with Gasteiger partial charge in [0.1, 0.15) is 0 Å². The first kappa shape index (κ1) is 17.1. The molecule has 1 heterocycles. The molecule has 0 saturated heterocycles. The highest BCUT2D eigenvalue weighted by Crippen LogP contribution is 2.10. The predicted octanol–water partition coefficient (Wildman–Crippen LogP) is 1.63. The SMILES string of the molecule is CC[C@@H](C)NC(=O)NC(=O)COC(=O)c1cncc(Br)c1. The first-order valence-corrected chi connectivity index (χ1v) is 7.09. The third kappa shape index (κ3) is 6.35. The number of imide groups is 1. The lowest BCUT2D eigenvalue weighted by molar-refractivity contribution is -0.123. The second-order valence-corrected chi connectivity index (χ2v) is 5.21. The van der Waals surface area contributed by atoms with Gasteiger partial charge in [0.25, 0.3) is 5.91 Å². The molecular formula is C13H16BrN3O4. The van der Waals surface area contributed by atoms with Gasteiger partial charge < -0.3 is 10.1 Å². The van der Waals surface area contributed by atoms with E-state index in [-0.39, 0.29) is 11.6 Å². The van der Waals surface area contributed by atoms with Gasteiger partial charge in [0.05, 0.1) is 5.56 Å². The van der Waals surface area contributed by atoms with Crippen molar-refractivity contribution in [2.45, 2.75) is 26.3 Å². The number of amides is 3. The van der Waals surface area contributed by atoms with Crippen molar-refractivity contribution in [1.29, 1.82) is 0 Å². The topological polar surface area (TPSA) is 97.4 Å². The van der Waals surface area contributed by atoms with Crippen LogP contribution < -0.4 is 10.6 Å². The van der Waals surface area contributed by atoms with Crippen LogP contribution in [0.25, 0.3) is 0 Å². The maximum atomic E-state index is 11.6. The Balaban J connectivity index is 2.39. The van der Waals surface area contributed by atoms with E-state index in [1.165, 1.54) is 18.5 Å². The van der Waals surface area contributed by atoms with E-state index in [1.54, 1.807) is 0 Å². The predicted molar refractivity (Wildman–Crippen MR) is 78.6 cm³/mol. The molecule has 8 heteroatoms. The maximum Gasteiger partial charge on any atom is 0.340 e. The van der Waals surface area contributed by atoms with Crippen molar-refractivity contribution in [3.8, 4) is 0 Å². The van der Waals surface area contributed by atoms with Gasteiger partial charge in [0.2, 0.25) is 0 Å². The molecule has 0 aliphatic rings. The van der Waals surface area contributed by atoms with Crippen molar-refractivity contribution in [1.82, 2.24) is 15.6 Å². The lowest BCUT2D eigenvalue weighted by atomic mass is 10.3. The molecule has 0 saturated carbocycles. The highest BCUT2D eigenvalue weighted by Gasteiger charge is 2.13. The number of rotatable bonds is 5. The van der Waals surface area contributed by atoms with E-state index in [4.69, 9.17) is 4.74 Å². The van der Waals surface area contributed by atoms with Gasteiger partial charge in [-0.25, -0.2) is 9.59 Å². The Kier molecular flexibility index (Phi) is 6.80. The number of esters is 1. The van der Waals surface area contributed by atoms with E-state index < -0.39 is 24.5 Å². The van der Waals surface area contributed by atoms with Crippen LogP contribution >= 0.6 is 15.9 Å². The first-order chi connectivity index (χ1) is 9.92. The minimum Gasteiger partial charge on any atom is -0.452 e. The highest BCUT2D eigenvalue weighted by molar-refractivity contribution is 9.10. The molecule has 1 atom stereocenters. The Morgan fingerprint density at radius 2 is 2.10 bits per heavy atom. The second-order valence-electron chi connectivity index (χ2n) is 4.30. The van der Waals surface area contributed by atoms with Crippen molar-refractivity contribution < 1.29 is 19.1 Å². The van der Waals surface area contributed by atoms with E-state index >= 15 is 0 Å². The normalized spacial score (nSPS) is 11.4. The van der Waals surface area contributed by atoms with Crippen LogP contribution in [0.5, 0.6) is 0 Å². The van der Waals surface area contributed by atoms with Gasteiger partial charge in [-0.15, -0.1) is 0 Å². The summed E-state index contributed by atoms with van der Waals surface area (Å²) in [5.41, 5.74) is 0.209. The van der Waals surface area contributed by atoms with Crippen molar-refractivity contribution in [3.63, 3.8) is 0 Å². The number of nitrogens with zero attached hydrogens (tertiary/aromatic N) is 1. The molecule has 0 fully saturated rings. The molecule has 2 N–H and O–H groups in total. The van der Waals surface area contributed by atoms with Crippen LogP contribution in [-0.2, 0) is 9.53 Å². The minimum atomic E-state index is -0.702. The van der Waals surface area contributed by atoms with Gasteiger partial charge in [-0.1, -0.05) is 6.92 Å². The van der Waals surface area contributed by atoms with Crippen molar-refractivity contribution in [2.24, 2.45) is 0 Å². The Labute approximate surface area is 130 Å². The Bertz CT molecular complexity index is 536. The minimum absolute atomic E-state index is 0.0481. The number of carbonyl (C=O) groups is 3. The molecule has 0 bridgehead atoms. The highest BCUT2D eigenvalue weighted by atomic mass is 79.9. The lowest BCUT2D eigenvalue weighted by Crippen LogP contribution is -2.44. The molecule has 114 valence electrons. The molecule has 0 aliphatic heterocycles. The molecule has 0 radical (unpaired) electrons. The van der Waals surface area contributed by atoms with Gasteiger partial charge in [-0.3, -0.25) is 15.1 Å². The maximum absolute atomic E-state index is 11.6. The Morgan fingerprint density at radius 1 is 1.38 bits per heavy atom. The Hall–Kier alpha value is -1.96. The largest absolute Gasteiger partial charge is 0.452 e. The molecule has 1 aromatic rings. The number of ether oxygens (including phenoxy) is 1. The summed E-state index contributed by atoms with van der Waals surface area (Å²) in [5, 5.41) is 4.63. The number of aromatic nitrogens is 1. The van der Waals surface area contributed by atoms with Gasteiger partial charge >= 0.3 is 12.0 Å². The van der Waals surface area contributed by atoms with E-state index in [0.29, 0.717) is 4.47 Å². The molecular weight excluding hydrogens is 342 g/mol. The zero-order valence-corrected chi connectivity index (χ0v) is 13.3. The fourth-order valence-electron chi connectivity index (χ4n) is 1.26. The van der Waals surface area contributed by atoms with E-state index in [9.17, 15) is 14.4 Å². The monoisotopic (exact) mass is 357 g/mol. The third-order valence-electron chi connectivity index (χ3n) is 2.52. The number of hydrogen-bond acceptors (Lipinski definition) is 5. The summed E-state index contributed by atoms with van der Waals surface area (Å²) in [6.07, 6.45) is 3.58. The molecule has 0 aromatic carbocycles. The number of carbonyl (C=O) groups excluding carboxylic acids is 3. The van der Waals surface area contributed by atoms with Gasteiger partial charge in [0.15, 0.2) is 6.61 Å². The molecule has 0 spiro atoms. The second kappa shape index (κ2) is 8.35. The van der Waals surface area contributed by atoms with Crippen LogP contribution in [0.3, 0.4) is 0 Å². The zero-order chi connectivity index (χ0) is 15.8. The van der Waals surface area contributed by atoms with E-state index in [1.807, 2.05) is 13.8 Å². The summed E-state index contributed by atoms with van der Waals surface area (Å²) >= 11 is 3.17. The molecule has 21 heavy (non-hydrogen) atoms. The molecule has 0 aliphatic carbocycles. The van der Waals surface area contributed by atoms with E-state index in [2.05, 4.69) is 31.5 Å². The number of urea groups is 1. The number of nitrogens with one attached hydrogen (secondary N) is 2. The zero-order valence-electron chi connectivity index (χ0n) is 11.7. The molecule has 7 nitrogen and oxygen atoms in total. The van der Waals surface area contributed by atoms with E-state index in [0.717, 1.165) is 6.42 Å². The Morgan fingerprint density at radius 3 is 2.71 bits per heavy atom. The molecule has 0 unspecified atom stereocenters.